The van der Waals surface area contributed by atoms with Gasteiger partial charge in [-0.3, -0.25) is 13.9 Å². The first-order valence-corrected chi connectivity index (χ1v) is 11.7. The number of hydrogen-bond acceptors (Lipinski definition) is 5. The molecule has 0 bridgehead atoms. The Hall–Kier alpha value is -3.56. The van der Waals surface area contributed by atoms with E-state index in [1.807, 2.05) is 6.92 Å². The average Bonchev–Trinajstić information content (AvgIpc) is 2.79. The van der Waals surface area contributed by atoms with Crippen molar-refractivity contribution in [1.82, 2.24) is 0 Å². The second kappa shape index (κ2) is 10.4. The minimum absolute atomic E-state index is 0.0144. The second-order valence-corrected chi connectivity index (χ2v) is 9.18. The van der Waals surface area contributed by atoms with Crippen molar-refractivity contribution in [2.24, 2.45) is 5.73 Å². The second-order valence-electron chi connectivity index (χ2n) is 6.88. The summed E-state index contributed by atoms with van der Waals surface area (Å²) in [5.74, 6) is -0.596. The molecule has 0 saturated carbocycles. The van der Waals surface area contributed by atoms with E-state index in [1.54, 1.807) is 24.3 Å². The van der Waals surface area contributed by atoms with Gasteiger partial charge in [0.05, 0.1) is 17.2 Å². The van der Waals surface area contributed by atoms with E-state index in [2.05, 4.69) is 5.32 Å². The summed E-state index contributed by atoms with van der Waals surface area (Å²) in [5.41, 5.74) is 6.18. The third-order valence-corrected chi connectivity index (χ3v) is 6.62. The molecular weight excluding hydrogens is 466 g/mol. The Morgan fingerprint density at radius 3 is 2.12 bits per heavy atom. The summed E-state index contributed by atoms with van der Waals surface area (Å²) in [6.07, 6.45) is 0. The Kier molecular flexibility index (Phi) is 7.57. The molecule has 0 saturated heterocycles. The molecule has 0 aliphatic heterocycles. The zero-order chi connectivity index (χ0) is 24.0. The maximum atomic E-state index is 13.4. The lowest BCUT2D eigenvalue weighted by Crippen LogP contribution is -2.38. The van der Waals surface area contributed by atoms with Crippen molar-refractivity contribution in [3.63, 3.8) is 0 Å². The third-order valence-electron chi connectivity index (χ3n) is 4.58. The molecule has 8 nitrogen and oxygen atoms in total. The van der Waals surface area contributed by atoms with Crippen molar-refractivity contribution in [2.45, 2.75) is 11.8 Å². The largest absolute Gasteiger partial charge is 0.494 e. The number of primary amides is 1. The van der Waals surface area contributed by atoms with Gasteiger partial charge in [-0.1, -0.05) is 11.6 Å². The third kappa shape index (κ3) is 6.03. The summed E-state index contributed by atoms with van der Waals surface area (Å²) < 4.78 is 33.2. The molecule has 3 aromatic carbocycles. The van der Waals surface area contributed by atoms with Crippen molar-refractivity contribution in [1.29, 1.82) is 0 Å². The topological polar surface area (TPSA) is 119 Å². The van der Waals surface area contributed by atoms with Gasteiger partial charge in [-0.2, -0.15) is 0 Å². The van der Waals surface area contributed by atoms with Crippen molar-refractivity contribution in [3.05, 3.63) is 83.4 Å². The molecule has 0 aliphatic carbocycles. The molecule has 0 aliphatic rings. The SMILES string of the molecule is CCOc1ccc(N(CC(=O)Nc2ccc(C(N)=O)cc2)S(=O)(=O)c2ccc(Cl)cc2)cc1. The van der Waals surface area contributed by atoms with E-state index in [-0.39, 0.29) is 16.1 Å². The number of ether oxygens (including phenoxy) is 1. The number of halogens is 1. The quantitative estimate of drug-likeness (QED) is 0.477. The number of carbonyl (C=O) groups excluding carboxylic acids is 2. The molecule has 2 amide bonds. The van der Waals surface area contributed by atoms with Gasteiger partial charge in [0, 0.05) is 16.3 Å². The normalized spacial score (nSPS) is 11.0. The van der Waals surface area contributed by atoms with Crippen LogP contribution in [0.3, 0.4) is 0 Å². The molecule has 0 unspecified atom stereocenters. The number of rotatable bonds is 9. The number of nitrogens with one attached hydrogen (secondary N) is 1. The fourth-order valence-corrected chi connectivity index (χ4v) is 4.52. The summed E-state index contributed by atoms with van der Waals surface area (Å²) in [7, 11) is -4.09. The van der Waals surface area contributed by atoms with Gasteiger partial charge in [-0.05, 0) is 79.7 Å². The lowest BCUT2D eigenvalue weighted by molar-refractivity contribution is -0.114. The van der Waals surface area contributed by atoms with Crippen LogP contribution >= 0.6 is 11.6 Å². The van der Waals surface area contributed by atoms with Crippen LogP contribution in [0.25, 0.3) is 0 Å². The fraction of sp³-hybridized carbons (Fsp3) is 0.130. The number of benzene rings is 3. The molecule has 172 valence electrons. The van der Waals surface area contributed by atoms with E-state index < -0.39 is 28.4 Å². The van der Waals surface area contributed by atoms with E-state index in [0.29, 0.717) is 23.1 Å². The van der Waals surface area contributed by atoms with Crippen LogP contribution in [0, 0.1) is 0 Å². The standard InChI is InChI=1S/C23H22ClN3O5S/c1-2-32-20-11-9-19(10-12-20)27(33(30,31)21-13-5-17(24)6-14-21)15-22(28)26-18-7-3-16(4-8-18)23(25)29/h3-14H,2,15H2,1H3,(H2,25,29)(H,26,28). The minimum atomic E-state index is -4.09. The summed E-state index contributed by atoms with van der Waals surface area (Å²) in [4.78, 5) is 24.0. The molecule has 3 aromatic rings. The number of anilines is 2. The van der Waals surface area contributed by atoms with Crippen LogP contribution in [0.4, 0.5) is 11.4 Å². The smallest absolute Gasteiger partial charge is 0.264 e. The minimum Gasteiger partial charge on any atom is -0.494 e. The summed E-state index contributed by atoms with van der Waals surface area (Å²) >= 11 is 5.90. The Morgan fingerprint density at radius 1 is 0.970 bits per heavy atom. The Morgan fingerprint density at radius 2 is 1.58 bits per heavy atom. The highest BCUT2D eigenvalue weighted by molar-refractivity contribution is 7.92. The monoisotopic (exact) mass is 487 g/mol. The maximum Gasteiger partial charge on any atom is 0.264 e. The van der Waals surface area contributed by atoms with Gasteiger partial charge in [-0.25, -0.2) is 8.42 Å². The number of nitrogens with two attached hydrogens (primary N) is 1. The highest BCUT2D eigenvalue weighted by Crippen LogP contribution is 2.27. The van der Waals surface area contributed by atoms with Gasteiger partial charge in [0.1, 0.15) is 12.3 Å². The van der Waals surface area contributed by atoms with Crippen LogP contribution in [-0.4, -0.2) is 33.4 Å². The number of amides is 2. The molecular formula is C23H22ClN3O5S. The molecule has 3 rings (SSSR count). The van der Waals surface area contributed by atoms with Crippen molar-refractivity contribution in [3.8, 4) is 5.75 Å². The number of nitrogens with zero attached hydrogens (tertiary/aromatic N) is 1. The lowest BCUT2D eigenvalue weighted by atomic mass is 10.2. The predicted octanol–water partition coefficient (Wildman–Crippen LogP) is 3.67. The molecule has 0 spiro atoms. The lowest BCUT2D eigenvalue weighted by Gasteiger charge is -2.24. The molecule has 33 heavy (non-hydrogen) atoms. The van der Waals surface area contributed by atoms with Gasteiger partial charge < -0.3 is 15.8 Å². The zero-order valence-corrected chi connectivity index (χ0v) is 19.3. The van der Waals surface area contributed by atoms with E-state index in [4.69, 9.17) is 22.1 Å². The summed E-state index contributed by atoms with van der Waals surface area (Å²) in [5, 5.41) is 3.02. The van der Waals surface area contributed by atoms with Gasteiger partial charge in [-0.15, -0.1) is 0 Å². The van der Waals surface area contributed by atoms with Crippen LogP contribution < -0.4 is 20.1 Å². The molecule has 0 radical (unpaired) electrons. The van der Waals surface area contributed by atoms with E-state index in [9.17, 15) is 18.0 Å². The van der Waals surface area contributed by atoms with E-state index in [0.717, 1.165) is 4.31 Å². The molecule has 10 heteroatoms. The van der Waals surface area contributed by atoms with Gasteiger partial charge in [0.2, 0.25) is 11.8 Å². The summed E-state index contributed by atoms with van der Waals surface area (Å²) in [6, 6.07) is 18.0. The first-order chi connectivity index (χ1) is 15.7. The van der Waals surface area contributed by atoms with Crippen LogP contribution in [0.5, 0.6) is 5.75 Å². The van der Waals surface area contributed by atoms with Crippen molar-refractivity contribution in [2.75, 3.05) is 22.8 Å². The van der Waals surface area contributed by atoms with Crippen LogP contribution in [0.1, 0.15) is 17.3 Å². The molecule has 3 N–H and O–H groups in total. The first-order valence-electron chi connectivity index (χ1n) is 9.91. The fourth-order valence-electron chi connectivity index (χ4n) is 2.97. The van der Waals surface area contributed by atoms with Crippen LogP contribution in [-0.2, 0) is 14.8 Å². The molecule has 0 heterocycles. The van der Waals surface area contributed by atoms with E-state index >= 15 is 0 Å². The zero-order valence-electron chi connectivity index (χ0n) is 17.7. The Labute approximate surface area is 197 Å². The predicted molar refractivity (Wildman–Crippen MR) is 127 cm³/mol. The number of hydrogen-bond donors (Lipinski definition) is 2. The average molecular weight is 488 g/mol. The highest BCUT2D eigenvalue weighted by atomic mass is 35.5. The van der Waals surface area contributed by atoms with Gasteiger partial charge >= 0.3 is 0 Å². The summed E-state index contributed by atoms with van der Waals surface area (Å²) in [6.45, 7) is 1.81. The molecule has 0 fully saturated rings. The van der Waals surface area contributed by atoms with Gasteiger partial charge in [0.25, 0.3) is 10.0 Å². The number of carbonyl (C=O) groups is 2. The van der Waals surface area contributed by atoms with Crippen LogP contribution in [0.2, 0.25) is 5.02 Å². The van der Waals surface area contributed by atoms with Crippen LogP contribution in [0.15, 0.2) is 77.7 Å². The van der Waals surface area contributed by atoms with E-state index in [1.165, 1.54) is 48.5 Å². The number of sulfonamides is 1. The maximum absolute atomic E-state index is 13.4. The van der Waals surface area contributed by atoms with Crippen molar-refractivity contribution < 1.29 is 22.7 Å². The Balaban J connectivity index is 1.89. The van der Waals surface area contributed by atoms with Crippen molar-refractivity contribution >= 4 is 44.8 Å². The molecule has 0 atom stereocenters. The van der Waals surface area contributed by atoms with Gasteiger partial charge in [0.15, 0.2) is 0 Å². The first kappa shape index (κ1) is 24.1. The molecule has 0 aromatic heterocycles. The Bertz CT molecular complexity index is 1230. The highest BCUT2D eigenvalue weighted by Gasteiger charge is 2.27.